The molecule has 2 aromatic heterocycles. The van der Waals surface area contributed by atoms with Crippen molar-refractivity contribution in [3.8, 4) is 0 Å². The molecule has 0 fully saturated rings. The van der Waals surface area contributed by atoms with Crippen LogP contribution in [0.15, 0.2) is 12.4 Å². The lowest BCUT2D eigenvalue weighted by atomic mass is 10.7. The smallest absolute Gasteiger partial charge is 0.167 e. The summed E-state index contributed by atoms with van der Waals surface area (Å²) in [5.74, 6) is 0. The predicted molar refractivity (Wildman–Crippen MR) is 63.9 cm³/mol. The Kier molecular flexibility index (Phi) is 2.62. The molecule has 0 aliphatic heterocycles. The fourth-order valence-electron chi connectivity index (χ4n) is 1.54. The molecular formula is C8H10Cl2N4Si. The van der Waals surface area contributed by atoms with Gasteiger partial charge in [-0.15, -0.1) is 0 Å². The molecule has 0 saturated carbocycles. The number of rotatable bonds is 2. The molecule has 0 spiro atoms. The van der Waals surface area contributed by atoms with Crippen molar-refractivity contribution in [1.82, 2.24) is 20.4 Å². The van der Waals surface area contributed by atoms with Crippen LogP contribution < -0.4 is 10.6 Å². The maximum absolute atomic E-state index is 6.05. The molecule has 4 nitrogen and oxygen atoms in total. The van der Waals surface area contributed by atoms with Gasteiger partial charge in [-0.3, -0.25) is 10.2 Å². The van der Waals surface area contributed by atoms with Crippen LogP contribution in [0.5, 0.6) is 0 Å². The number of halogens is 2. The maximum atomic E-state index is 6.05. The number of aromatic nitrogens is 4. The molecule has 2 N–H and O–H groups in total. The van der Waals surface area contributed by atoms with Gasteiger partial charge in [-0.1, -0.05) is 36.3 Å². The lowest BCUT2D eigenvalue weighted by molar-refractivity contribution is 1.10. The summed E-state index contributed by atoms with van der Waals surface area (Å²) < 4.78 is 0. The van der Waals surface area contributed by atoms with Crippen molar-refractivity contribution in [1.29, 1.82) is 0 Å². The number of nitrogens with zero attached hydrogens (tertiary/aromatic N) is 2. The summed E-state index contributed by atoms with van der Waals surface area (Å²) in [6.45, 7) is 4.22. The lowest BCUT2D eigenvalue weighted by Gasteiger charge is -2.17. The van der Waals surface area contributed by atoms with E-state index < -0.39 is 8.07 Å². The summed E-state index contributed by atoms with van der Waals surface area (Å²) in [4.78, 5) is 0. The Balaban J connectivity index is 2.53. The van der Waals surface area contributed by atoms with E-state index in [9.17, 15) is 0 Å². The quantitative estimate of drug-likeness (QED) is 0.800. The predicted octanol–water partition coefficient (Wildman–Crippen LogP) is 1.26. The molecule has 0 unspecified atom stereocenters. The fourth-order valence-corrected chi connectivity index (χ4v) is 5.39. The molecule has 2 heterocycles. The van der Waals surface area contributed by atoms with Crippen molar-refractivity contribution in [3.63, 3.8) is 0 Å². The van der Waals surface area contributed by atoms with E-state index in [-0.39, 0.29) is 0 Å². The molecular weight excluding hydrogens is 251 g/mol. The van der Waals surface area contributed by atoms with Crippen LogP contribution in [0.3, 0.4) is 0 Å². The van der Waals surface area contributed by atoms with Gasteiger partial charge in [-0.25, -0.2) is 0 Å². The minimum Gasteiger partial charge on any atom is -0.284 e. The van der Waals surface area contributed by atoms with E-state index in [2.05, 4.69) is 33.5 Å². The first-order valence-corrected chi connectivity index (χ1v) is 8.18. The summed E-state index contributed by atoms with van der Waals surface area (Å²) in [5, 5.41) is 16.9. The van der Waals surface area contributed by atoms with Gasteiger partial charge in [0.05, 0.1) is 20.7 Å². The van der Waals surface area contributed by atoms with Crippen LogP contribution in [0.1, 0.15) is 0 Å². The summed E-state index contributed by atoms with van der Waals surface area (Å²) in [5.41, 5.74) is 0. The third kappa shape index (κ3) is 1.71. The Morgan fingerprint density at radius 3 is 1.67 bits per heavy atom. The summed E-state index contributed by atoms with van der Waals surface area (Å²) in [6.07, 6.45) is 3.35. The Bertz CT molecular complexity index is 434. The zero-order valence-corrected chi connectivity index (χ0v) is 10.8. The number of hydrogen-bond donors (Lipinski definition) is 2. The normalized spacial score (nSPS) is 12.0. The second kappa shape index (κ2) is 3.66. The van der Waals surface area contributed by atoms with Crippen molar-refractivity contribution < 1.29 is 0 Å². The second-order valence-electron chi connectivity index (χ2n) is 3.79. The first-order chi connectivity index (χ1) is 7.03. The third-order valence-corrected chi connectivity index (χ3v) is 6.40. The van der Waals surface area contributed by atoms with E-state index >= 15 is 0 Å². The van der Waals surface area contributed by atoms with Gasteiger partial charge in [-0.05, 0) is 0 Å². The van der Waals surface area contributed by atoms with E-state index in [0.717, 1.165) is 10.6 Å². The number of aromatic amines is 2. The summed E-state index contributed by atoms with van der Waals surface area (Å²) in [7, 11) is -1.99. The summed E-state index contributed by atoms with van der Waals surface area (Å²) >= 11 is 12.1. The first-order valence-electron chi connectivity index (χ1n) is 4.43. The van der Waals surface area contributed by atoms with Gasteiger partial charge in [0.25, 0.3) is 0 Å². The number of nitrogens with one attached hydrogen (secondary N) is 2. The van der Waals surface area contributed by atoms with E-state index in [1.807, 2.05) is 0 Å². The molecule has 15 heavy (non-hydrogen) atoms. The van der Waals surface area contributed by atoms with Crippen molar-refractivity contribution >= 4 is 41.9 Å². The van der Waals surface area contributed by atoms with E-state index in [1.54, 1.807) is 12.4 Å². The van der Waals surface area contributed by atoms with Crippen LogP contribution in [0, 0.1) is 0 Å². The van der Waals surface area contributed by atoms with E-state index in [0.29, 0.717) is 10.0 Å². The highest BCUT2D eigenvalue weighted by atomic mass is 35.5. The molecule has 0 amide bonds. The summed E-state index contributed by atoms with van der Waals surface area (Å²) in [6, 6.07) is 0. The highest BCUT2D eigenvalue weighted by Gasteiger charge is 2.35. The second-order valence-corrected chi connectivity index (χ2v) is 8.80. The number of hydrogen-bond acceptors (Lipinski definition) is 2. The molecule has 0 bridgehead atoms. The largest absolute Gasteiger partial charge is 0.284 e. The molecule has 0 aliphatic rings. The van der Waals surface area contributed by atoms with Gasteiger partial charge in [0.2, 0.25) is 0 Å². The molecule has 0 saturated heterocycles. The van der Waals surface area contributed by atoms with Crippen molar-refractivity contribution in [3.05, 3.63) is 22.4 Å². The molecule has 80 valence electrons. The van der Waals surface area contributed by atoms with Crippen molar-refractivity contribution in [2.45, 2.75) is 13.1 Å². The van der Waals surface area contributed by atoms with Crippen LogP contribution in [0.25, 0.3) is 0 Å². The van der Waals surface area contributed by atoms with Crippen LogP contribution >= 0.6 is 23.2 Å². The zero-order chi connectivity index (χ0) is 11.1. The lowest BCUT2D eigenvalue weighted by Crippen LogP contribution is -2.55. The SMILES string of the molecule is C[Si](C)(c1n[nH]cc1Cl)c1n[nH]cc1Cl. The molecule has 0 radical (unpaired) electrons. The van der Waals surface area contributed by atoms with Crippen LogP contribution in [0.2, 0.25) is 23.1 Å². The van der Waals surface area contributed by atoms with Gasteiger partial charge in [-0.2, -0.15) is 10.2 Å². The highest BCUT2D eigenvalue weighted by molar-refractivity contribution is 7.01. The average Bonchev–Trinajstić information content (AvgIpc) is 2.73. The molecule has 2 rings (SSSR count). The molecule has 0 aromatic carbocycles. The minimum atomic E-state index is -1.99. The number of H-pyrrole nitrogens is 2. The molecule has 7 heteroatoms. The van der Waals surface area contributed by atoms with Crippen LogP contribution in [-0.2, 0) is 0 Å². The average molecular weight is 261 g/mol. The highest BCUT2D eigenvalue weighted by Crippen LogP contribution is 2.13. The van der Waals surface area contributed by atoms with Crippen molar-refractivity contribution in [2.75, 3.05) is 0 Å². The van der Waals surface area contributed by atoms with Crippen LogP contribution in [0.4, 0.5) is 0 Å². The topological polar surface area (TPSA) is 57.4 Å². The van der Waals surface area contributed by atoms with Gasteiger partial charge < -0.3 is 0 Å². The molecule has 2 aromatic rings. The van der Waals surface area contributed by atoms with E-state index in [1.165, 1.54) is 0 Å². The Morgan fingerprint density at radius 2 is 1.40 bits per heavy atom. The standard InChI is InChI=1S/C8H10Cl2N4Si/c1-15(2,7-5(9)3-11-13-7)8-6(10)4-12-14-8/h3-4H,1-2H3,(H,11,13)(H,12,14). The zero-order valence-electron chi connectivity index (χ0n) is 8.31. The Morgan fingerprint density at radius 1 is 1.00 bits per heavy atom. The maximum Gasteiger partial charge on any atom is 0.167 e. The monoisotopic (exact) mass is 260 g/mol. The first kappa shape index (κ1) is 10.7. The Hall–Kier alpha value is -0.783. The van der Waals surface area contributed by atoms with Crippen LogP contribution in [-0.4, -0.2) is 28.5 Å². The van der Waals surface area contributed by atoms with Gasteiger partial charge >= 0.3 is 0 Å². The van der Waals surface area contributed by atoms with E-state index in [4.69, 9.17) is 23.2 Å². The van der Waals surface area contributed by atoms with Crippen molar-refractivity contribution in [2.24, 2.45) is 0 Å². The van der Waals surface area contributed by atoms with Gasteiger partial charge in [0.1, 0.15) is 0 Å². The fraction of sp³-hybridized carbons (Fsp3) is 0.250. The molecule has 0 atom stereocenters. The van der Waals surface area contributed by atoms with Gasteiger partial charge in [0.15, 0.2) is 8.07 Å². The Labute approximate surface area is 98.0 Å². The molecule has 0 aliphatic carbocycles. The third-order valence-electron chi connectivity index (χ3n) is 2.37. The van der Waals surface area contributed by atoms with Gasteiger partial charge in [0, 0.05) is 12.4 Å². The minimum absolute atomic E-state index is 0.644.